The first kappa shape index (κ1) is 22.0. The number of hydrogen-bond acceptors (Lipinski definition) is 6. The summed E-state index contributed by atoms with van der Waals surface area (Å²) in [5.74, 6) is -0.543. The SMILES string of the molecule is Nc1c(C(=O)NCc2ccccc2Cl)nsc1C(=O)N1CCN(C2CCCCC2)CC1. The minimum atomic E-state index is -0.408. The van der Waals surface area contributed by atoms with Crippen molar-refractivity contribution >= 4 is 40.6 Å². The van der Waals surface area contributed by atoms with Gasteiger partial charge < -0.3 is 16.0 Å². The Labute approximate surface area is 191 Å². The number of aromatic nitrogens is 1. The molecule has 0 spiro atoms. The minimum absolute atomic E-state index is 0.0984. The Morgan fingerprint density at radius 3 is 2.55 bits per heavy atom. The van der Waals surface area contributed by atoms with E-state index >= 15 is 0 Å². The zero-order chi connectivity index (χ0) is 21.8. The Balaban J connectivity index is 1.34. The number of piperazine rings is 1. The van der Waals surface area contributed by atoms with Crippen molar-refractivity contribution in [3.63, 3.8) is 0 Å². The Hall–Kier alpha value is -2.16. The summed E-state index contributed by atoms with van der Waals surface area (Å²) in [6.07, 6.45) is 6.49. The van der Waals surface area contributed by atoms with Crippen LogP contribution in [0.5, 0.6) is 0 Å². The third-order valence-electron chi connectivity index (χ3n) is 6.23. The highest BCUT2D eigenvalue weighted by atomic mass is 35.5. The topological polar surface area (TPSA) is 91.6 Å². The molecule has 0 unspecified atom stereocenters. The first-order chi connectivity index (χ1) is 15.0. The van der Waals surface area contributed by atoms with Crippen molar-refractivity contribution in [2.24, 2.45) is 0 Å². The van der Waals surface area contributed by atoms with Gasteiger partial charge in [-0.05, 0) is 36.0 Å². The molecule has 1 aliphatic carbocycles. The van der Waals surface area contributed by atoms with Gasteiger partial charge in [0.25, 0.3) is 11.8 Å². The fraction of sp³-hybridized carbons (Fsp3) is 0.500. The maximum absolute atomic E-state index is 13.0. The van der Waals surface area contributed by atoms with E-state index in [1.165, 1.54) is 32.1 Å². The van der Waals surface area contributed by atoms with Crippen molar-refractivity contribution < 1.29 is 9.59 Å². The van der Waals surface area contributed by atoms with Gasteiger partial charge in [0.15, 0.2) is 5.69 Å². The average Bonchev–Trinajstić information content (AvgIpc) is 3.20. The zero-order valence-corrected chi connectivity index (χ0v) is 19.1. The van der Waals surface area contributed by atoms with Crippen LogP contribution in [0.4, 0.5) is 5.69 Å². The Kier molecular flexibility index (Phi) is 7.09. The van der Waals surface area contributed by atoms with Crippen LogP contribution in [0.25, 0.3) is 0 Å². The molecule has 1 saturated heterocycles. The van der Waals surface area contributed by atoms with E-state index in [0.717, 1.165) is 30.2 Å². The summed E-state index contributed by atoms with van der Waals surface area (Å²) < 4.78 is 4.17. The standard InChI is InChI=1S/C22H28ClN5O2S/c23-17-9-5-4-6-15(17)14-25-21(29)19-18(24)20(31-26-19)22(30)28-12-10-27(11-13-28)16-7-2-1-3-8-16/h4-6,9,16H,1-3,7-8,10-14,24H2,(H,25,29). The molecular formula is C22H28ClN5O2S. The third kappa shape index (κ3) is 5.02. The maximum Gasteiger partial charge on any atom is 0.273 e. The largest absolute Gasteiger partial charge is 0.395 e. The summed E-state index contributed by atoms with van der Waals surface area (Å²) in [6, 6.07) is 7.96. The van der Waals surface area contributed by atoms with Gasteiger partial charge in [-0.25, -0.2) is 0 Å². The van der Waals surface area contributed by atoms with Crippen LogP contribution in [0.15, 0.2) is 24.3 Å². The number of nitrogens with two attached hydrogens (primary N) is 1. The molecule has 7 nitrogen and oxygen atoms in total. The minimum Gasteiger partial charge on any atom is -0.395 e. The number of hydrogen-bond donors (Lipinski definition) is 2. The average molecular weight is 462 g/mol. The lowest BCUT2D eigenvalue weighted by atomic mass is 9.94. The van der Waals surface area contributed by atoms with Crippen molar-refractivity contribution in [3.8, 4) is 0 Å². The quantitative estimate of drug-likeness (QED) is 0.712. The zero-order valence-electron chi connectivity index (χ0n) is 17.5. The molecule has 2 aromatic rings. The normalized spacial score (nSPS) is 18.2. The van der Waals surface area contributed by atoms with Gasteiger partial charge >= 0.3 is 0 Å². The van der Waals surface area contributed by atoms with Crippen LogP contribution >= 0.6 is 23.1 Å². The lowest BCUT2D eigenvalue weighted by molar-refractivity contribution is 0.0528. The second kappa shape index (κ2) is 9.97. The molecule has 1 aliphatic heterocycles. The van der Waals surface area contributed by atoms with Crippen LogP contribution in [0.1, 0.15) is 57.8 Å². The van der Waals surface area contributed by atoms with Crippen molar-refractivity contribution in [1.82, 2.24) is 19.5 Å². The van der Waals surface area contributed by atoms with E-state index in [2.05, 4.69) is 14.6 Å². The molecule has 1 saturated carbocycles. The Morgan fingerprint density at radius 2 is 1.84 bits per heavy atom. The molecule has 9 heteroatoms. The number of carbonyl (C=O) groups is 2. The van der Waals surface area contributed by atoms with Crippen LogP contribution in [-0.4, -0.2) is 58.2 Å². The fourth-order valence-corrected chi connectivity index (χ4v) is 5.36. The Bertz CT molecular complexity index is 936. The first-order valence-corrected chi connectivity index (χ1v) is 12.0. The number of nitrogen functional groups attached to an aromatic ring is 1. The van der Waals surface area contributed by atoms with E-state index in [-0.39, 0.29) is 23.8 Å². The molecule has 166 valence electrons. The van der Waals surface area contributed by atoms with Crippen LogP contribution in [0.2, 0.25) is 5.02 Å². The first-order valence-electron chi connectivity index (χ1n) is 10.8. The summed E-state index contributed by atoms with van der Waals surface area (Å²) in [6.45, 7) is 3.41. The van der Waals surface area contributed by atoms with E-state index in [1.807, 2.05) is 23.1 Å². The van der Waals surface area contributed by atoms with Gasteiger partial charge in [0, 0.05) is 43.8 Å². The van der Waals surface area contributed by atoms with Gasteiger partial charge in [-0.2, -0.15) is 4.37 Å². The summed E-state index contributed by atoms with van der Waals surface area (Å²) in [7, 11) is 0. The third-order valence-corrected chi connectivity index (χ3v) is 7.45. The molecule has 0 atom stereocenters. The number of benzene rings is 1. The molecule has 1 aromatic carbocycles. The molecule has 2 amide bonds. The van der Waals surface area contributed by atoms with Gasteiger partial charge in [0.05, 0.1) is 5.69 Å². The van der Waals surface area contributed by atoms with Crippen molar-refractivity contribution in [1.29, 1.82) is 0 Å². The van der Waals surface area contributed by atoms with Gasteiger partial charge in [-0.15, -0.1) is 0 Å². The second-order valence-corrected chi connectivity index (χ2v) is 9.35. The predicted octanol–water partition coefficient (Wildman–Crippen LogP) is 3.40. The summed E-state index contributed by atoms with van der Waals surface area (Å²) in [5.41, 5.74) is 7.21. The highest BCUT2D eigenvalue weighted by Crippen LogP contribution is 2.26. The molecular weight excluding hydrogens is 434 g/mol. The van der Waals surface area contributed by atoms with E-state index < -0.39 is 5.91 Å². The number of nitrogens with one attached hydrogen (secondary N) is 1. The molecule has 31 heavy (non-hydrogen) atoms. The number of halogens is 1. The smallest absolute Gasteiger partial charge is 0.273 e. The van der Waals surface area contributed by atoms with Crippen LogP contribution in [0.3, 0.4) is 0 Å². The molecule has 2 aliphatic rings. The molecule has 1 aromatic heterocycles. The molecule has 0 bridgehead atoms. The van der Waals surface area contributed by atoms with Gasteiger partial charge in [0.1, 0.15) is 4.88 Å². The number of carbonyl (C=O) groups excluding carboxylic acids is 2. The predicted molar refractivity (Wildman–Crippen MR) is 123 cm³/mol. The summed E-state index contributed by atoms with van der Waals surface area (Å²) >= 11 is 7.13. The number of amides is 2. The molecule has 4 rings (SSSR count). The highest BCUT2D eigenvalue weighted by molar-refractivity contribution is 7.09. The van der Waals surface area contributed by atoms with Crippen molar-refractivity contribution in [2.75, 3.05) is 31.9 Å². The maximum atomic E-state index is 13.0. The van der Waals surface area contributed by atoms with E-state index in [1.54, 1.807) is 6.07 Å². The molecule has 3 N–H and O–H groups in total. The van der Waals surface area contributed by atoms with Crippen LogP contribution < -0.4 is 11.1 Å². The number of rotatable bonds is 5. The van der Waals surface area contributed by atoms with E-state index in [0.29, 0.717) is 29.0 Å². The van der Waals surface area contributed by atoms with E-state index in [9.17, 15) is 9.59 Å². The molecule has 0 radical (unpaired) electrons. The fourth-order valence-electron chi connectivity index (χ4n) is 4.40. The van der Waals surface area contributed by atoms with Crippen LogP contribution in [0, 0.1) is 0 Å². The van der Waals surface area contributed by atoms with Gasteiger partial charge in [0.2, 0.25) is 0 Å². The second-order valence-electron chi connectivity index (χ2n) is 8.17. The number of nitrogens with zero attached hydrogens (tertiary/aromatic N) is 3. The highest BCUT2D eigenvalue weighted by Gasteiger charge is 2.30. The number of anilines is 1. The van der Waals surface area contributed by atoms with Crippen LogP contribution in [-0.2, 0) is 6.54 Å². The molecule has 2 fully saturated rings. The van der Waals surface area contributed by atoms with Crippen molar-refractivity contribution in [2.45, 2.75) is 44.7 Å². The Morgan fingerprint density at radius 1 is 1.13 bits per heavy atom. The van der Waals surface area contributed by atoms with Gasteiger partial charge in [-0.1, -0.05) is 49.1 Å². The molecule has 2 heterocycles. The monoisotopic (exact) mass is 461 g/mol. The van der Waals surface area contributed by atoms with Gasteiger partial charge in [-0.3, -0.25) is 14.5 Å². The summed E-state index contributed by atoms with van der Waals surface area (Å²) in [5, 5.41) is 3.36. The van der Waals surface area contributed by atoms with E-state index in [4.69, 9.17) is 17.3 Å². The lowest BCUT2D eigenvalue weighted by Gasteiger charge is -2.40. The van der Waals surface area contributed by atoms with Crippen molar-refractivity contribution in [3.05, 3.63) is 45.4 Å². The lowest BCUT2D eigenvalue weighted by Crippen LogP contribution is -2.52. The summed E-state index contributed by atoms with van der Waals surface area (Å²) in [4.78, 5) is 30.3.